The van der Waals surface area contributed by atoms with Gasteiger partial charge in [-0.25, -0.2) is 0 Å². The van der Waals surface area contributed by atoms with Crippen molar-refractivity contribution in [3.63, 3.8) is 0 Å². The maximum Gasteiger partial charge on any atom is 0.239 e. The van der Waals surface area contributed by atoms with E-state index in [0.717, 1.165) is 10.0 Å². The number of hydrogen-bond acceptors (Lipinski definition) is 5. The summed E-state index contributed by atoms with van der Waals surface area (Å²) in [7, 11) is 0. The average molecular weight is 306 g/mol. The lowest BCUT2D eigenvalue weighted by molar-refractivity contribution is 0.444. The predicted molar refractivity (Wildman–Crippen MR) is 67.5 cm³/mol. The van der Waals surface area contributed by atoms with Gasteiger partial charge in [0, 0.05) is 6.07 Å². The Labute approximate surface area is 111 Å². The molecule has 2 heterocycles. The molecule has 7 heteroatoms. The minimum atomic E-state index is 0.430. The summed E-state index contributed by atoms with van der Waals surface area (Å²) in [6, 6.07) is 9.29. The molecule has 0 fully saturated rings. The summed E-state index contributed by atoms with van der Waals surface area (Å²) in [6.45, 7) is 2.01. The van der Waals surface area contributed by atoms with Crippen LogP contribution in [0.15, 0.2) is 34.8 Å². The third kappa shape index (κ3) is 2.04. The van der Waals surface area contributed by atoms with Crippen LogP contribution in [0, 0.1) is 6.92 Å². The Bertz CT molecular complexity index is 711. The number of nitrogens with zero attached hydrogens (tertiary/aromatic N) is 5. The Morgan fingerprint density at radius 3 is 2.94 bits per heavy atom. The van der Waals surface area contributed by atoms with E-state index in [0.29, 0.717) is 17.3 Å². The van der Waals surface area contributed by atoms with E-state index < -0.39 is 0 Å². The third-order valence-electron chi connectivity index (χ3n) is 2.35. The molecule has 0 amide bonds. The maximum absolute atomic E-state index is 5.67. The molecule has 18 heavy (non-hydrogen) atoms. The minimum absolute atomic E-state index is 0.430. The van der Waals surface area contributed by atoms with Gasteiger partial charge in [-0.3, -0.25) is 0 Å². The number of fused-ring (bicyclic) bond motifs is 1. The molecule has 0 aliphatic carbocycles. The lowest BCUT2D eigenvalue weighted by Gasteiger charge is -2.06. The largest absolute Gasteiger partial charge is 0.436 e. The summed E-state index contributed by atoms with van der Waals surface area (Å²) >= 11 is 3.45. The molecular weight excluding hydrogens is 298 g/mol. The molecule has 3 aromatic rings. The van der Waals surface area contributed by atoms with E-state index in [4.69, 9.17) is 4.74 Å². The highest BCUT2D eigenvalue weighted by atomic mass is 79.9. The van der Waals surface area contributed by atoms with Crippen molar-refractivity contribution in [1.82, 2.24) is 25.3 Å². The van der Waals surface area contributed by atoms with Gasteiger partial charge in [0.05, 0.1) is 4.47 Å². The molecule has 0 saturated heterocycles. The van der Waals surface area contributed by atoms with E-state index in [2.05, 4.69) is 36.6 Å². The van der Waals surface area contributed by atoms with Crippen molar-refractivity contribution in [3.05, 3.63) is 40.4 Å². The van der Waals surface area contributed by atoms with Gasteiger partial charge in [0.15, 0.2) is 5.65 Å². The van der Waals surface area contributed by atoms with Crippen molar-refractivity contribution in [1.29, 1.82) is 0 Å². The number of benzene rings is 1. The summed E-state index contributed by atoms with van der Waals surface area (Å²) in [5, 5.41) is 15.1. The highest BCUT2D eigenvalue weighted by Gasteiger charge is 2.06. The van der Waals surface area contributed by atoms with Gasteiger partial charge in [-0.05, 0) is 57.0 Å². The van der Waals surface area contributed by atoms with Crippen LogP contribution in [0.25, 0.3) is 5.65 Å². The lowest BCUT2D eigenvalue weighted by atomic mass is 10.2. The monoisotopic (exact) mass is 305 g/mol. The fourth-order valence-electron chi connectivity index (χ4n) is 1.49. The van der Waals surface area contributed by atoms with E-state index in [1.165, 1.54) is 4.63 Å². The van der Waals surface area contributed by atoms with Crippen molar-refractivity contribution in [2.75, 3.05) is 0 Å². The Morgan fingerprint density at radius 2 is 2.11 bits per heavy atom. The van der Waals surface area contributed by atoms with E-state index in [-0.39, 0.29) is 0 Å². The number of ether oxygens (including phenoxy) is 1. The molecule has 1 aromatic carbocycles. The second kappa shape index (κ2) is 4.34. The maximum atomic E-state index is 5.67. The van der Waals surface area contributed by atoms with Crippen molar-refractivity contribution in [2.45, 2.75) is 6.92 Å². The Balaban J connectivity index is 1.95. The van der Waals surface area contributed by atoms with Crippen LogP contribution in [0.5, 0.6) is 11.6 Å². The first-order chi connectivity index (χ1) is 8.72. The third-order valence-corrected chi connectivity index (χ3v) is 2.97. The molecule has 0 atom stereocenters. The SMILES string of the molecule is Cc1ccc(Oc2ccc3nnnn3n2)c(Br)c1. The minimum Gasteiger partial charge on any atom is -0.436 e. The zero-order valence-electron chi connectivity index (χ0n) is 9.41. The topological polar surface area (TPSA) is 65.2 Å². The number of tetrazole rings is 1. The number of aryl methyl sites for hydroxylation is 1. The van der Waals surface area contributed by atoms with Gasteiger partial charge >= 0.3 is 0 Å². The summed E-state index contributed by atoms with van der Waals surface area (Å²) in [6.07, 6.45) is 0. The highest BCUT2D eigenvalue weighted by molar-refractivity contribution is 9.10. The van der Waals surface area contributed by atoms with Gasteiger partial charge in [0.1, 0.15) is 5.75 Å². The Morgan fingerprint density at radius 1 is 1.22 bits per heavy atom. The summed E-state index contributed by atoms with van der Waals surface area (Å²) in [5.41, 5.74) is 1.73. The van der Waals surface area contributed by atoms with Gasteiger partial charge in [0.2, 0.25) is 5.88 Å². The molecule has 0 bridgehead atoms. The Kier molecular flexibility index (Phi) is 2.67. The van der Waals surface area contributed by atoms with Crippen LogP contribution in [0.4, 0.5) is 0 Å². The lowest BCUT2D eigenvalue weighted by Crippen LogP contribution is -1.97. The van der Waals surface area contributed by atoms with Crippen molar-refractivity contribution >= 4 is 21.6 Å². The smallest absolute Gasteiger partial charge is 0.239 e. The van der Waals surface area contributed by atoms with E-state index in [1.807, 2.05) is 25.1 Å². The van der Waals surface area contributed by atoms with Gasteiger partial charge in [-0.1, -0.05) is 6.07 Å². The first-order valence-corrected chi connectivity index (χ1v) is 6.01. The van der Waals surface area contributed by atoms with E-state index in [1.54, 1.807) is 12.1 Å². The average Bonchev–Trinajstić information content (AvgIpc) is 2.80. The van der Waals surface area contributed by atoms with Crippen LogP contribution in [0.3, 0.4) is 0 Å². The van der Waals surface area contributed by atoms with Gasteiger partial charge in [0.25, 0.3) is 0 Å². The number of hydrogen-bond donors (Lipinski definition) is 0. The second-order valence-corrected chi connectivity index (χ2v) is 4.59. The molecule has 90 valence electrons. The number of aromatic nitrogens is 5. The zero-order valence-corrected chi connectivity index (χ0v) is 11.0. The van der Waals surface area contributed by atoms with E-state index in [9.17, 15) is 0 Å². The quantitative estimate of drug-likeness (QED) is 0.727. The van der Waals surface area contributed by atoms with Gasteiger partial charge in [-0.15, -0.1) is 14.8 Å². The highest BCUT2D eigenvalue weighted by Crippen LogP contribution is 2.29. The first-order valence-electron chi connectivity index (χ1n) is 5.22. The molecular formula is C11H8BrN5O. The fourth-order valence-corrected chi connectivity index (χ4v) is 2.06. The molecule has 3 rings (SSSR count). The van der Waals surface area contributed by atoms with Crippen molar-refractivity contribution in [3.8, 4) is 11.6 Å². The first kappa shape index (κ1) is 11.1. The normalized spacial score (nSPS) is 10.8. The van der Waals surface area contributed by atoms with Crippen LogP contribution in [0.1, 0.15) is 5.56 Å². The molecule has 2 aromatic heterocycles. The molecule has 0 aliphatic rings. The molecule has 0 spiro atoms. The molecule has 0 unspecified atom stereocenters. The van der Waals surface area contributed by atoms with E-state index >= 15 is 0 Å². The number of halogens is 1. The summed E-state index contributed by atoms with van der Waals surface area (Å²) < 4.78 is 7.86. The second-order valence-electron chi connectivity index (χ2n) is 3.73. The molecule has 0 saturated carbocycles. The fraction of sp³-hybridized carbons (Fsp3) is 0.0909. The predicted octanol–water partition coefficient (Wildman–Crippen LogP) is 2.38. The van der Waals surface area contributed by atoms with Crippen LogP contribution in [0.2, 0.25) is 0 Å². The molecule has 0 N–H and O–H groups in total. The number of rotatable bonds is 2. The Hall–Kier alpha value is -2.02. The molecule has 0 aliphatic heterocycles. The van der Waals surface area contributed by atoms with Crippen molar-refractivity contribution < 1.29 is 4.74 Å². The standard InChI is InChI=1S/C11H8BrN5O/c1-7-2-3-9(8(12)6-7)18-11-5-4-10-13-15-16-17(10)14-11/h2-6H,1H3. The molecule has 6 nitrogen and oxygen atoms in total. The van der Waals surface area contributed by atoms with Crippen LogP contribution >= 0.6 is 15.9 Å². The summed E-state index contributed by atoms with van der Waals surface area (Å²) in [4.78, 5) is 0. The molecule has 0 radical (unpaired) electrons. The van der Waals surface area contributed by atoms with Crippen LogP contribution in [-0.4, -0.2) is 25.3 Å². The zero-order chi connectivity index (χ0) is 12.5. The van der Waals surface area contributed by atoms with Gasteiger partial charge < -0.3 is 4.74 Å². The van der Waals surface area contributed by atoms with Crippen molar-refractivity contribution in [2.24, 2.45) is 0 Å². The van der Waals surface area contributed by atoms with Crippen LogP contribution in [-0.2, 0) is 0 Å². The summed E-state index contributed by atoms with van der Waals surface area (Å²) in [5.74, 6) is 1.12. The van der Waals surface area contributed by atoms with Crippen LogP contribution < -0.4 is 4.74 Å². The van der Waals surface area contributed by atoms with Gasteiger partial charge in [-0.2, -0.15) is 0 Å².